The van der Waals surface area contributed by atoms with Gasteiger partial charge in [0.05, 0.1) is 12.0 Å². The van der Waals surface area contributed by atoms with Gasteiger partial charge in [-0.05, 0) is 24.8 Å². The lowest BCUT2D eigenvalue weighted by Crippen LogP contribution is -2.53. The Bertz CT molecular complexity index is 1030. The Labute approximate surface area is 212 Å². The van der Waals surface area contributed by atoms with Gasteiger partial charge in [0.15, 0.2) is 11.9 Å². The van der Waals surface area contributed by atoms with Crippen LogP contribution in [0.2, 0.25) is 0 Å². The fraction of sp³-hybridized carbons (Fsp3) is 0.565. The summed E-state index contributed by atoms with van der Waals surface area (Å²) in [6, 6.07) is 3.77. The van der Waals surface area contributed by atoms with Crippen LogP contribution in [0.4, 0.5) is 26.3 Å². The van der Waals surface area contributed by atoms with Gasteiger partial charge < -0.3 is 20.6 Å². The molecule has 0 aromatic heterocycles. The van der Waals surface area contributed by atoms with Crippen LogP contribution in [0.5, 0.6) is 0 Å². The Morgan fingerprint density at radius 3 is 2.34 bits per heavy atom. The molecule has 2 aliphatic rings. The van der Waals surface area contributed by atoms with Crippen molar-refractivity contribution in [3.63, 3.8) is 0 Å². The molecule has 3 rings (SSSR count). The van der Waals surface area contributed by atoms with Gasteiger partial charge in [0.25, 0.3) is 5.91 Å². The van der Waals surface area contributed by atoms with Crippen LogP contribution in [-0.4, -0.2) is 77.8 Å². The Morgan fingerprint density at radius 2 is 1.79 bits per heavy atom. The van der Waals surface area contributed by atoms with Crippen LogP contribution < -0.4 is 10.6 Å². The summed E-state index contributed by atoms with van der Waals surface area (Å²) in [6.45, 7) is -2.23. The van der Waals surface area contributed by atoms with Gasteiger partial charge in [-0.3, -0.25) is 23.9 Å². The van der Waals surface area contributed by atoms with Crippen molar-refractivity contribution in [1.29, 1.82) is 0 Å². The number of hydrogen-bond donors (Lipinski definition) is 3. The first-order valence-electron chi connectivity index (χ1n) is 11.6. The zero-order chi connectivity index (χ0) is 28.3. The second-order valence-electron chi connectivity index (χ2n) is 9.07. The molecule has 0 radical (unpaired) electrons. The van der Waals surface area contributed by atoms with Gasteiger partial charge in [-0.1, -0.05) is 30.3 Å². The van der Waals surface area contributed by atoms with Crippen LogP contribution in [0.1, 0.15) is 30.9 Å². The number of aliphatic hydroxyl groups excluding tert-OH is 1. The molecule has 2 saturated heterocycles. The average Bonchev–Trinajstić information content (AvgIpc) is 3.48. The van der Waals surface area contributed by atoms with Crippen molar-refractivity contribution >= 4 is 23.5 Å². The number of ketones is 1. The maximum Gasteiger partial charge on any atom is 0.522 e. The van der Waals surface area contributed by atoms with Crippen LogP contribution in [0, 0.1) is 11.8 Å². The SMILES string of the molecule is O=C1NCC[C@H]1C[C@H](NC(=O)[C@@H]1C[C@@H](C(F)(F)F)CN1C(=O)[C@@H](O)c1ccccc1)C(=O)COC(F)(F)F. The molecule has 38 heavy (non-hydrogen) atoms. The van der Waals surface area contributed by atoms with Crippen LogP contribution in [-0.2, 0) is 23.9 Å². The number of rotatable bonds is 9. The summed E-state index contributed by atoms with van der Waals surface area (Å²) < 4.78 is 81.5. The number of Topliss-reactive ketones (excluding diaryl/α,β-unsaturated/α-hetero) is 1. The summed E-state index contributed by atoms with van der Waals surface area (Å²) in [5.74, 6) is -7.18. The number of carbonyl (C=O) groups is 4. The molecular formula is C23H25F6N3O6. The lowest BCUT2D eigenvalue weighted by Gasteiger charge is -2.28. The number of aliphatic hydroxyl groups is 1. The van der Waals surface area contributed by atoms with Crippen LogP contribution in [0.25, 0.3) is 0 Å². The van der Waals surface area contributed by atoms with Gasteiger partial charge in [0.1, 0.15) is 12.6 Å². The van der Waals surface area contributed by atoms with Gasteiger partial charge in [-0.15, -0.1) is 13.2 Å². The van der Waals surface area contributed by atoms with Crippen LogP contribution in [0.3, 0.4) is 0 Å². The minimum Gasteiger partial charge on any atom is -0.378 e. The summed E-state index contributed by atoms with van der Waals surface area (Å²) in [5, 5.41) is 15.0. The summed E-state index contributed by atoms with van der Waals surface area (Å²) in [5.41, 5.74) is 0.0664. The van der Waals surface area contributed by atoms with Crippen molar-refractivity contribution in [3.05, 3.63) is 35.9 Å². The molecule has 2 heterocycles. The molecule has 1 aromatic carbocycles. The number of carbonyl (C=O) groups excluding carboxylic acids is 4. The minimum absolute atomic E-state index is 0.0664. The molecule has 0 aliphatic carbocycles. The molecule has 0 saturated carbocycles. The van der Waals surface area contributed by atoms with E-state index in [2.05, 4.69) is 15.4 Å². The molecule has 210 valence electrons. The number of nitrogens with one attached hydrogen (secondary N) is 2. The molecular weight excluding hydrogens is 528 g/mol. The zero-order valence-corrected chi connectivity index (χ0v) is 19.7. The highest BCUT2D eigenvalue weighted by atomic mass is 19.4. The largest absolute Gasteiger partial charge is 0.522 e. The van der Waals surface area contributed by atoms with E-state index in [0.717, 1.165) is 0 Å². The third-order valence-electron chi connectivity index (χ3n) is 6.47. The van der Waals surface area contributed by atoms with E-state index in [9.17, 15) is 50.6 Å². The highest BCUT2D eigenvalue weighted by molar-refractivity contribution is 5.95. The van der Waals surface area contributed by atoms with Crippen LogP contribution >= 0.6 is 0 Å². The number of benzene rings is 1. The molecule has 5 atom stereocenters. The molecule has 15 heteroatoms. The van der Waals surface area contributed by atoms with E-state index in [4.69, 9.17) is 0 Å². The lowest BCUT2D eigenvalue weighted by molar-refractivity contribution is -0.321. The van der Waals surface area contributed by atoms with Crippen molar-refractivity contribution in [1.82, 2.24) is 15.5 Å². The van der Waals surface area contributed by atoms with Gasteiger partial charge in [-0.25, -0.2) is 0 Å². The number of likely N-dealkylation sites (tertiary alicyclic amines) is 1. The maximum atomic E-state index is 13.5. The number of amides is 3. The minimum atomic E-state index is -5.17. The normalized spacial score (nSPS) is 23.6. The smallest absolute Gasteiger partial charge is 0.378 e. The number of alkyl halides is 6. The van der Waals surface area contributed by atoms with Crippen molar-refractivity contribution in [3.8, 4) is 0 Å². The Hall–Kier alpha value is -3.20. The maximum absolute atomic E-state index is 13.5. The van der Waals surface area contributed by atoms with Crippen molar-refractivity contribution in [2.75, 3.05) is 19.7 Å². The third-order valence-corrected chi connectivity index (χ3v) is 6.47. The Balaban J connectivity index is 1.82. The van der Waals surface area contributed by atoms with E-state index in [0.29, 0.717) is 4.90 Å². The van der Waals surface area contributed by atoms with E-state index in [1.54, 1.807) is 6.07 Å². The van der Waals surface area contributed by atoms with E-state index < -0.39 is 92.1 Å². The lowest BCUT2D eigenvalue weighted by atomic mass is 9.95. The second-order valence-corrected chi connectivity index (χ2v) is 9.07. The quantitative estimate of drug-likeness (QED) is 0.400. The highest BCUT2D eigenvalue weighted by Crippen LogP contribution is 2.38. The molecule has 3 N–H and O–H groups in total. The van der Waals surface area contributed by atoms with Crippen molar-refractivity contribution < 1.29 is 55.4 Å². The Kier molecular flexibility index (Phi) is 9.02. The van der Waals surface area contributed by atoms with Crippen molar-refractivity contribution in [2.45, 2.75) is 50.0 Å². The molecule has 3 amide bonds. The fourth-order valence-electron chi connectivity index (χ4n) is 4.45. The van der Waals surface area contributed by atoms with Gasteiger partial charge in [-0.2, -0.15) is 13.2 Å². The molecule has 0 spiro atoms. The van der Waals surface area contributed by atoms with Gasteiger partial charge >= 0.3 is 12.5 Å². The molecule has 1 aromatic rings. The standard InChI is InChI=1S/C23H25F6N3O6/c24-22(25,26)14-9-16(32(10-14)21(37)18(34)12-4-2-1-3-5-12)20(36)31-15(8-13-6-7-30-19(13)35)17(33)11-38-23(27,28)29/h1-5,13-16,18,34H,6-11H2,(H,30,35)(H,31,36)/t13-,14+,15-,16-,18-/m0/s1. The fourth-order valence-corrected chi connectivity index (χ4v) is 4.45. The average molecular weight is 553 g/mol. The molecule has 0 unspecified atom stereocenters. The first-order valence-corrected chi connectivity index (χ1v) is 11.6. The second kappa shape index (κ2) is 11.7. The number of nitrogens with zero attached hydrogens (tertiary/aromatic N) is 1. The molecule has 9 nitrogen and oxygen atoms in total. The monoisotopic (exact) mass is 553 g/mol. The first kappa shape index (κ1) is 29.4. The zero-order valence-electron chi connectivity index (χ0n) is 19.7. The molecule has 2 aliphatic heterocycles. The Morgan fingerprint density at radius 1 is 1.13 bits per heavy atom. The molecule has 0 bridgehead atoms. The summed E-state index contributed by atoms with van der Waals surface area (Å²) >= 11 is 0. The number of ether oxygens (including phenoxy) is 1. The number of hydrogen-bond acceptors (Lipinski definition) is 6. The third kappa shape index (κ3) is 7.43. The summed E-state index contributed by atoms with van der Waals surface area (Å²) in [4.78, 5) is 51.0. The number of halogens is 6. The van der Waals surface area contributed by atoms with E-state index in [1.807, 2.05) is 0 Å². The van der Waals surface area contributed by atoms with E-state index in [-0.39, 0.29) is 18.5 Å². The highest BCUT2D eigenvalue weighted by Gasteiger charge is 2.52. The summed E-state index contributed by atoms with van der Waals surface area (Å²) in [7, 11) is 0. The van der Waals surface area contributed by atoms with Gasteiger partial charge in [0.2, 0.25) is 11.8 Å². The van der Waals surface area contributed by atoms with E-state index in [1.165, 1.54) is 24.3 Å². The van der Waals surface area contributed by atoms with E-state index >= 15 is 0 Å². The topological polar surface area (TPSA) is 125 Å². The predicted octanol–water partition coefficient (Wildman–Crippen LogP) is 1.62. The first-order chi connectivity index (χ1) is 17.7. The molecule has 2 fully saturated rings. The van der Waals surface area contributed by atoms with Gasteiger partial charge in [0, 0.05) is 19.0 Å². The predicted molar refractivity (Wildman–Crippen MR) is 116 cm³/mol. The van der Waals surface area contributed by atoms with Crippen molar-refractivity contribution in [2.24, 2.45) is 11.8 Å². The van der Waals surface area contributed by atoms with Crippen LogP contribution in [0.15, 0.2) is 30.3 Å². The summed E-state index contributed by atoms with van der Waals surface area (Å²) in [6.07, 6.45) is -13.0.